The van der Waals surface area contributed by atoms with Gasteiger partial charge in [0.2, 0.25) is 5.43 Å². The summed E-state index contributed by atoms with van der Waals surface area (Å²) in [5.74, 6) is -1.81. The van der Waals surface area contributed by atoms with Crippen molar-refractivity contribution in [1.82, 2.24) is 9.58 Å². The lowest BCUT2D eigenvalue weighted by Gasteiger charge is -2.51. The van der Waals surface area contributed by atoms with Crippen LogP contribution in [-0.2, 0) is 10.5 Å². The van der Waals surface area contributed by atoms with Crippen LogP contribution in [0, 0.1) is 11.6 Å². The number of carbonyl (C=O) groups excluding carboxylic acids is 1. The van der Waals surface area contributed by atoms with E-state index in [4.69, 9.17) is 9.47 Å². The second-order valence-corrected chi connectivity index (χ2v) is 11.2. The van der Waals surface area contributed by atoms with E-state index in [1.165, 1.54) is 17.8 Å². The number of thioether (sulfide) groups is 1. The molecule has 1 saturated heterocycles. The summed E-state index contributed by atoms with van der Waals surface area (Å²) in [6.45, 7) is 3.34. The molecule has 4 heterocycles. The summed E-state index contributed by atoms with van der Waals surface area (Å²) in [5, 5.41) is 1.96. The molecule has 10 heteroatoms. The summed E-state index contributed by atoms with van der Waals surface area (Å²) in [5.41, 5.74) is 1.54. The van der Waals surface area contributed by atoms with E-state index in [2.05, 4.69) is 6.92 Å². The standard InChI is InChI=1S/C30H31F2N3O4S/c1-2-3-4-7-15-39-29-23(36)12-13-34-28(29)30(37)33-14-16-38-17-25(33)35(34)27-19-10-11-22(31)26(32)21(19)18-40-24-9-6-5-8-20(24)27/h5-6,8-13,25,27H,2-4,7,14-18H2,1H3/t25-,27-/m1/s1. The third-order valence-corrected chi connectivity index (χ3v) is 8.89. The van der Waals surface area contributed by atoms with Crippen molar-refractivity contribution in [3.8, 4) is 5.75 Å². The molecule has 0 N–H and O–H groups in total. The van der Waals surface area contributed by atoms with Crippen molar-refractivity contribution < 1.29 is 23.0 Å². The van der Waals surface area contributed by atoms with Gasteiger partial charge >= 0.3 is 0 Å². The van der Waals surface area contributed by atoms with Crippen LogP contribution >= 0.6 is 11.8 Å². The highest BCUT2D eigenvalue weighted by Gasteiger charge is 2.46. The summed E-state index contributed by atoms with van der Waals surface area (Å²) in [6, 6.07) is 11.3. The maximum Gasteiger partial charge on any atom is 0.278 e. The SMILES string of the molecule is CCCCCCOc1c2n(ccc1=O)N([C@H]1c3ccccc3SCc3c1ccc(F)c3F)[C@@H]1COCCN1C2=O. The van der Waals surface area contributed by atoms with Crippen molar-refractivity contribution in [2.45, 2.75) is 55.5 Å². The number of fused-ring (bicyclic) bond motifs is 4. The molecule has 0 aliphatic carbocycles. The Labute approximate surface area is 235 Å². The lowest BCUT2D eigenvalue weighted by Crippen LogP contribution is -2.66. The van der Waals surface area contributed by atoms with Crippen LogP contribution in [0.1, 0.15) is 65.8 Å². The van der Waals surface area contributed by atoms with Gasteiger partial charge in [0.1, 0.15) is 6.17 Å². The van der Waals surface area contributed by atoms with E-state index < -0.39 is 23.8 Å². The second kappa shape index (κ2) is 11.2. The second-order valence-electron chi connectivity index (χ2n) is 10.2. The Balaban J connectivity index is 1.55. The highest BCUT2D eigenvalue weighted by molar-refractivity contribution is 7.98. The molecule has 0 unspecified atom stereocenters. The molecule has 3 aliphatic rings. The smallest absolute Gasteiger partial charge is 0.278 e. The van der Waals surface area contributed by atoms with Crippen molar-refractivity contribution in [3.05, 3.63) is 92.9 Å². The molecule has 1 fully saturated rings. The number of amides is 1. The van der Waals surface area contributed by atoms with E-state index in [1.54, 1.807) is 21.8 Å². The summed E-state index contributed by atoms with van der Waals surface area (Å²) in [6.07, 6.45) is 4.90. The third kappa shape index (κ3) is 4.56. The van der Waals surface area contributed by atoms with E-state index in [0.717, 1.165) is 42.2 Å². The highest BCUT2D eigenvalue weighted by atomic mass is 32.2. The van der Waals surface area contributed by atoms with Crippen LogP contribution in [-0.4, -0.2) is 48.0 Å². The van der Waals surface area contributed by atoms with Crippen LogP contribution < -0.4 is 15.2 Å². The van der Waals surface area contributed by atoms with Crippen LogP contribution in [0.5, 0.6) is 5.75 Å². The Morgan fingerprint density at radius 3 is 2.75 bits per heavy atom. The maximum atomic E-state index is 15.3. The summed E-state index contributed by atoms with van der Waals surface area (Å²) < 4.78 is 43.3. The van der Waals surface area contributed by atoms with Gasteiger partial charge in [0.05, 0.1) is 25.9 Å². The fourth-order valence-corrected chi connectivity index (χ4v) is 6.93. The van der Waals surface area contributed by atoms with Gasteiger partial charge in [-0.2, -0.15) is 0 Å². The van der Waals surface area contributed by atoms with Gasteiger partial charge in [-0.05, 0) is 29.7 Å². The van der Waals surface area contributed by atoms with Crippen LogP contribution in [0.2, 0.25) is 0 Å². The number of hydrogen-bond donors (Lipinski definition) is 0. The molecule has 2 atom stereocenters. The predicted octanol–water partition coefficient (Wildman–Crippen LogP) is 5.23. The average molecular weight is 568 g/mol. The molecule has 0 bridgehead atoms. The lowest BCUT2D eigenvalue weighted by molar-refractivity contribution is -0.0198. The van der Waals surface area contributed by atoms with Crippen LogP contribution in [0.3, 0.4) is 0 Å². The van der Waals surface area contributed by atoms with E-state index in [9.17, 15) is 14.0 Å². The molecule has 3 aromatic rings. The molecular formula is C30H31F2N3O4S. The fourth-order valence-electron chi connectivity index (χ4n) is 5.81. The van der Waals surface area contributed by atoms with Gasteiger partial charge in [-0.25, -0.2) is 8.78 Å². The zero-order valence-corrected chi connectivity index (χ0v) is 23.1. The Bertz CT molecular complexity index is 1500. The number of nitrogens with zero attached hydrogens (tertiary/aromatic N) is 3. The Morgan fingerprint density at radius 2 is 1.90 bits per heavy atom. The fraction of sp³-hybridized carbons (Fsp3) is 0.400. The molecule has 40 heavy (non-hydrogen) atoms. The van der Waals surface area contributed by atoms with E-state index in [-0.39, 0.29) is 40.7 Å². The van der Waals surface area contributed by atoms with Crippen LogP contribution in [0.25, 0.3) is 0 Å². The number of halogens is 2. The first kappa shape index (κ1) is 26.8. The first-order valence-corrected chi connectivity index (χ1v) is 14.7. The van der Waals surface area contributed by atoms with Gasteiger partial charge in [0.15, 0.2) is 23.1 Å². The van der Waals surface area contributed by atoms with Crippen LogP contribution in [0.15, 0.2) is 58.4 Å². The zero-order valence-electron chi connectivity index (χ0n) is 22.3. The van der Waals surface area contributed by atoms with E-state index in [0.29, 0.717) is 25.3 Å². The molecule has 1 amide bonds. The normalized spacial score (nSPS) is 19.8. The molecule has 3 aliphatic heterocycles. The molecule has 7 nitrogen and oxygen atoms in total. The Hall–Kier alpha value is -3.37. The predicted molar refractivity (Wildman–Crippen MR) is 148 cm³/mol. The van der Waals surface area contributed by atoms with Crippen molar-refractivity contribution in [2.24, 2.45) is 0 Å². The van der Waals surface area contributed by atoms with Gasteiger partial charge < -0.3 is 14.4 Å². The topological polar surface area (TPSA) is 64.0 Å². The van der Waals surface area contributed by atoms with Gasteiger partial charge in [-0.3, -0.25) is 19.3 Å². The average Bonchev–Trinajstić information content (AvgIpc) is 3.13. The molecule has 0 saturated carbocycles. The number of morpholine rings is 1. The van der Waals surface area contributed by atoms with Gasteiger partial charge in [-0.1, -0.05) is 50.5 Å². The number of carbonyl (C=O) groups is 1. The number of unbranched alkanes of at least 4 members (excludes halogenated alkanes) is 3. The number of rotatable bonds is 7. The number of pyridine rings is 1. The summed E-state index contributed by atoms with van der Waals surface area (Å²) in [7, 11) is 0. The minimum atomic E-state index is -0.900. The summed E-state index contributed by atoms with van der Waals surface area (Å²) >= 11 is 1.45. The van der Waals surface area contributed by atoms with Crippen LogP contribution in [0.4, 0.5) is 8.78 Å². The summed E-state index contributed by atoms with van der Waals surface area (Å²) in [4.78, 5) is 29.6. The molecule has 6 rings (SSSR count). The highest BCUT2D eigenvalue weighted by Crippen LogP contribution is 2.45. The molecule has 0 radical (unpaired) electrons. The minimum absolute atomic E-state index is 0.0146. The Morgan fingerprint density at radius 1 is 1.05 bits per heavy atom. The largest absolute Gasteiger partial charge is 0.487 e. The monoisotopic (exact) mass is 567 g/mol. The quantitative estimate of drug-likeness (QED) is 0.365. The molecular weight excluding hydrogens is 536 g/mol. The van der Waals surface area contributed by atoms with Crippen molar-refractivity contribution >= 4 is 17.7 Å². The Kier molecular flexibility index (Phi) is 7.55. The van der Waals surface area contributed by atoms with Crippen molar-refractivity contribution in [2.75, 3.05) is 31.4 Å². The van der Waals surface area contributed by atoms with E-state index in [1.807, 2.05) is 29.3 Å². The third-order valence-electron chi connectivity index (χ3n) is 7.78. The number of benzene rings is 2. The van der Waals surface area contributed by atoms with Gasteiger partial charge in [-0.15, -0.1) is 11.8 Å². The first-order chi connectivity index (χ1) is 19.5. The van der Waals surface area contributed by atoms with Crippen molar-refractivity contribution in [1.29, 1.82) is 0 Å². The number of aromatic nitrogens is 1. The molecule has 0 spiro atoms. The van der Waals surface area contributed by atoms with Gasteiger partial charge in [0.25, 0.3) is 5.91 Å². The number of ether oxygens (including phenoxy) is 2. The van der Waals surface area contributed by atoms with Crippen molar-refractivity contribution in [3.63, 3.8) is 0 Å². The minimum Gasteiger partial charge on any atom is -0.487 e. The first-order valence-electron chi connectivity index (χ1n) is 13.8. The molecule has 2 aromatic carbocycles. The number of hydrogen-bond acceptors (Lipinski definition) is 6. The van der Waals surface area contributed by atoms with Gasteiger partial charge in [0, 0.05) is 35.0 Å². The van der Waals surface area contributed by atoms with E-state index >= 15 is 4.39 Å². The molecule has 1 aromatic heterocycles. The molecule has 210 valence electrons. The maximum absolute atomic E-state index is 15.3. The zero-order chi connectivity index (χ0) is 27.8. The lowest BCUT2D eigenvalue weighted by atomic mass is 9.93.